The highest BCUT2D eigenvalue weighted by molar-refractivity contribution is 5.27. The van der Waals surface area contributed by atoms with Gasteiger partial charge in [0.05, 0.1) is 0 Å². The van der Waals surface area contributed by atoms with Gasteiger partial charge in [0.2, 0.25) is 0 Å². The summed E-state index contributed by atoms with van der Waals surface area (Å²) in [5, 5.41) is 9.21. The molecule has 0 aliphatic carbocycles. The third kappa shape index (κ3) is 2.95. The van der Waals surface area contributed by atoms with Crippen molar-refractivity contribution in [3.63, 3.8) is 0 Å². The van der Waals surface area contributed by atoms with Crippen LogP contribution >= 0.6 is 0 Å². The molecule has 0 saturated carbocycles. The molecule has 12 heavy (non-hydrogen) atoms. The third-order valence-electron chi connectivity index (χ3n) is 1.65. The molecular formula is C11H16O. The lowest BCUT2D eigenvalue weighted by molar-refractivity contribution is 0.409. The van der Waals surface area contributed by atoms with Gasteiger partial charge in [-0.3, -0.25) is 0 Å². The summed E-state index contributed by atoms with van der Waals surface area (Å²) in [5.74, 6) is 0.358. The minimum atomic E-state index is 0.286. The van der Waals surface area contributed by atoms with Crippen LogP contribution in [0.1, 0.15) is 26.3 Å². The van der Waals surface area contributed by atoms with Gasteiger partial charge in [-0.05, 0) is 29.5 Å². The first kappa shape index (κ1) is 9.11. The van der Waals surface area contributed by atoms with Crippen molar-refractivity contribution < 1.29 is 5.11 Å². The Morgan fingerprint density at radius 2 is 1.92 bits per heavy atom. The second kappa shape index (κ2) is 3.18. The van der Waals surface area contributed by atoms with Gasteiger partial charge in [-0.1, -0.05) is 32.9 Å². The van der Waals surface area contributed by atoms with Crippen LogP contribution in [0.5, 0.6) is 5.75 Å². The molecule has 1 aromatic carbocycles. The Morgan fingerprint density at radius 3 is 2.42 bits per heavy atom. The summed E-state index contributed by atoms with van der Waals surface area (Å²) in [6.07, 6.45) is 1.00. The average molecular weight is 164 g/mol. The molecule has 0 radical (unpaired) electrons. The lowest BCUT2D eigenvalue weighted by atomic mass is 9.88. The van der Waals surface area contributed by atoms with Crippen LogP contribution in [0.25, 0.3) is 0 Å². The number of hydrogen-bond acceptors (Lipinski definition) is 1. The second-order valence-corrected chi connectivity index (χ2v) is 4.41. The van der Waals surface area contributed by atoms with Gasteiger partial charge in [0.15, 0.2) is 0 Å². The van der Waals surface area contributed by atoms with Gasteiger partial charge in [0, 0.05) is 0 Å². The number of rotatable bonds is 1. The lowest BCUT2D eigenvalue weighted by Crippen LogP contribution is -2.08. The van der Waals surface area contributed by atoms with E-state index in [4.69, 9.17) is 0 Å². The summed E-state index contributed by atoms with van der Waals surface area (Å²) in [6.45, 7) is 6.57. The van der Waals surface area contributed by atoms with Crippen LogP contribution in [0.15, 0.2) is 24.3 Å². The SMILES string of the molecule is CC(C)(C)Cc1cccc(O)c1. The molecule has 1 N–H and O–H groups in total. The Morgan fingerprint density at radius 1 is 1.25 bits per heavy atom. The van der Waals surface area contributed by atoms with E-state index in [9.17, 15) is 5.11 Å². The summed E-state index contributed by atoms with van der Waals surface area (Å²) in [7, 11) is 0. The van der Waals surface area contributed by atoms with E-state index in [2.05, 4.69) is 20.8 Å². The predicted molar refractivity (Wildman–Crippen MR) is 51.3 cm³/mol. The molecule has 0 aliphatic rings. The van der Waals surface area contributed by atoms with Crippen LogP contribution in [0.3, 0.4) is 0 Å². The Labute approximate surface area is 74.1 Å². The van der Waals surface area contributed by atoms with Crippen LogP contribution in [-0.4, -0.2) is 5.11 Å². The Hall–Kier alpha value is -0.980. The van der Waals surface area contributed by atoms with Gasteiger partial charge in [0.1, 0.15) is 5.75 Å². The number of hydrogen-bond donors (Lipinski definition) is 1. The van der Waals surface area contributed by atoms with Crippen molar-refractivity contribution in [2.24, 2.45) is 5.41 Å². The highest BCUT2D eigenvalue weighted by atomic mass is 16.3. The molecule has 66 valence electrons. The third-order valence-corrected chi connectivity index (χ3v) is 1.65. The van der Waals surface area contributed by atoms with Gasteiger partial charge in [0.25, 0.3) is 0 Å². The molecule has 0 spiro atoms. The van der Waals surface area contributed by atoms with E-state index >= 15 is 0 Å². The van der Waals surface area contributed by atoms with Gasteiger partial charge in [-0.15, -0.1) is 0 Å². The quantitative estimate of drug-likeness (QED) is 0.676. The molecule has 0 saturated heterocycles. The lowest BCUT2D eigenvalue weighted by Gasteiger charge is -2.17. The maximum atomic E-state index is 9.21. The Balaban J connectivity index is 2.77. The molecule has 1 nitrogen and oxygen atoms in total. The topological polar surface area (TPSA) is 20.2 Å². The molecule has 0 unspecified atom stereocenters. The highest BCUT2D eigenvalue weighted by Gasteiger charge is 2.10. The predicted octanol–water partition coefficient (Wildman–Crippen LogP) is 2.98. The first-order valence-electron chi connectivity index (χ1n) is 4.25. The normalized spacial score (nSPS) is 11.6. The van der Waals surface area contributed by atoms with Crippen molar-refractivity contribution in [1.82, 2.24) is 0 Å². The molecule has 1 rings (SSSR count). The first-order chi connectivity index (χ1) is 5.47. The molecule has 0 amide bonds. The second-order valence-electron chi connectivity index (χ2n) is 4.41. The zero-order valence-electron chi connectivity index (χ0n) is 7.96. The monoisotopic (exact) mass is 164 g/mol. The summed E-state index contributed by atoms with van der Waals surface area (Å²) in [4.78, 5) is 0. The maximum Gasteiger partial charge on any atom is 0.115 e. The van der Waals surface area contributed by atoms with Gasteiger partial charge in [-0.25, -0.2) is 0 Å². The number of benzene rings is 1. The maximum absolute atomic E-state index is 9.21. The summed E-state index contributed by atoms with van der Waals surface area (Å²) in [5.41, 5.74) is 1.48. The van der Waals surface area contributed by atoms with E-state index in [-0.39, 0.29) is 5.41 Å². The molecule has 0 fully saturated rings. The van der Waals surface area contributed by atoms with Crippen LogP contribution in [-0.2, 0) is 6.42 Å². The van der Waals surface area contributed by atoms with Crippen molar-refractivity contribution >= 4 is 0 Å². The average Bonchev–Trinajstić information content (AvgIpc) is 1.82. The Kier molecular flexibility index (Phi) is 2.41. The molecule has 0 aromatic heterocycles. The van der Waals surface area contributed by atoms with Crippen molar-refractivity contribution in [3.05, 3.63) is 29.8 Å². The zero-order chi connectivity index (χ0) is 9.19. The highest BCUT2D eigenvalue weighted by Crippen LogP contribution is 2.22. The van der Waals surface area contributed by atoms with Gasteiger partial charge < -0.3 is 5.11 Å². The van der Waals surface area contributed by atoms with E-state index in [0.29, 0.717) is 5.75 Å². The molecule has 1 aromatic rings. The van der Waals surface area contributed by atoms with E-state index in [1.807, 2.05) is 18.2 Å². The summed E-state index contributed by atoms with van der Waals surface area (Å²) >= 11 is 0. The van der Waals surface area contributed by atoms with Gasteiger partial charge in [-0.2, -0.15) is 0 Å². The molecule has 0 atom stereocenters. The minimum absolute atomic E-state index is 0.286. The van der Waals surface area contributed by atoms with E-state index in [1.165, 1.54) is 5.56 Å². The van der Waals surface area contributed by atoms with E-state index in [0.717, 1.165) is 6.42 Å². The van der Waals surface area contributed by atoms with E-state index in [1.54, 1.807) is 6.07 Å². The van der Waals surface area contributed by atoms with Crippen LogP contribution < -0.4 is 0 Å². The number of aromatic hydroxyl groups is 1. The first-order valence-corrected chi connectivity index (χ1v) is 4.25. The number of phenolic OH excluding ortho intramolecular Hbond substituents is 1. The minimum Gasteiger partial charge on any atom is -0.508 e. The Bertz CT molecular complexity index is 258. The van der Waals surface area contributed by atoms with Crippen LogP contribution in [0.2, 0.25) is 0 Å². The molecule has 0 bridgehead atoms. The van der Waals surface area contributed by atoms with Crippen molar-refractivity contribution in [3.8, 4) is 5.75 Å². The van der Waals surface area contributed by atoms with Crippen molar-refractivity contribution in [2.45, 2.75) is 27.2 Å². The fourth-order valence-electron chi connectivity index (χ4n) is 1.28. The molecule has 1 heteroatoms. The zero-order valence-corrected chi connectivity index (χ0v) is 7.96. The molecular weight excluding hydrogens is 148 g/mol. The molecule has 0 aliphatic heterocycles. The van der Waals surface area contributed by atoms with E-state index < -0.39 is 0 Å². The van der Waals surface area contributed by atoms with Crippen LogP contribution in [0, 0.1) is 5.41 Å². The summed E-state index contributed by atoms with van der Waals surface area (Å²) in [6, 6.07) is 7.46. The molecule has 0 heterocycles. The van der Waals surface area contributed by atoms with Crippen LogP contribution in [0.4, 0.5) is 0 Å². The summed E-state index contributed by atoms with van der Waals surface area (Å²) < 4.78 is 0. The van der Waals surface area contributed by atoms with Crippen molar-refractivity contribution in [1.29, 1.82) is 0 Å². The fourth-order valence-corrected chi connectivity index (χ4v) is 1.28. The smallest absolute Gasteiger partial charge is 0.115 e. The standard InChI is InChI=1S/C11H16O/c1-11(2,3)8-9-5-4-6-10(12)7-9/h4-7,12H,8H2,1-3H3. The van der Waals surface area contributed by atoms with Gasteiger partial charge >= 0.3 is 0 Å². The van der Waals surface area contributed by atoms with Crippen molar-refractivity contribution in [2.75, 3.05) is 0 Å². The fraction of sp³-hybridized carbons (Fsp3) is 0.455. The number of phenols is 1. The largest absolute Gasteiger partial charge is 0.508 e.